The van der Waals surface area contributed by atoms with E-state index < -0.39 is 0 Å². The third kappa shape index (κ3) is 4.31. The van der Waals surface area contributed by atoms with Gasteiger partial charge in [0, 0.05) is 11.0 Å². The van der Waals surface area contributed by atoms with E-state index in [2.05, 4.69) is 21.2 Å². The van der Waals surface area contributed by atoms with Crippen molar-refractivity contribution < 1.29 is 14.3 Å². The highest BCUT2D eigenvalue weighted by molar-refractivity contribution is 9.10. The Morgan fingerprint density at radius 2 is 2.22 bits per heavy atom. The minimum Gasteiger partial charge on any atom is -0.497 e. The molecule has 0 saturated carbocycles. The van der Waals surface area contributed by atoms with Gasteiger partial charge in [-0.15, -0.1) is 0 Å². The van der Waals surface area contributed by atoms with Gasteiger partial charge in [0.05, 0.1) is 13.7 Å². The Labute approximate surface area is 116 Å². The molecule has 0 spiro atoms. The number of hydrogen-bond acceptors (Lipinski definition) is 4. The summed E-state index contributed by atoms with van der Waals surface area (Å²) in [7, 11) is 1.63. The number of benzene rings is 1. The maximum Gasteiger partial charge on any atom is 0.322 e. The molecular weight excluding hydrogens is 298 g/mol. The van der Waals surface area contributed by atoms with Gasteiger partial charge in [-0.05, 0) is 37.6 Å². The van der Waals surface area contributed by atoms with Crippen molar-refractivity contribution in [3.8, 4) is 5.75 Å². The van der Waals surface area contributed by atoms with Crippen LogP contribution in [0.3, 0.4) is 0 Å². The number of nitrogens with one attached hydrogen (secondary N) is 1. The van der Waals surface area contributed by atoms with Gasteiger partial charge in [-0.2, -0.15) is 0 Å². The molecule has 4 nitrogen and oxygen atoms in total. The summed E-state index contributed by atoms with van der Waals surface area (Å²) >= 11 is 3.47. The highest BCUT2D eigenvalue weighted by Gasteiger charge is 2.13. The van der Waals surface area contributed by atoms with Gasteiger partial charge in [0.2, 0.25) is 0 Å². The molecule has 1 unspecified atom stereocenters. The molecule has 1 aromatic rings. The van der Waals surface area contributed by atoms with E-state index >= 15 is 0 Å². The van der Waals surface area contributed by atoms with Gasteiger partial charge < -0.3 is 14.8 Å². The molecule has 0 fully saturated rings. The first-order valence-electron chi connectivity index (χ1n) is 5.81. The van der Waals surface area contributed by atoms with E-state index in [4.69, 9.17) is 9.47 Å². The Hall–Kier alpha value is -1.07. The molecule has 0 saturated heterocycles. The summed E-state index contributed by atoms with van der Waals surface area (Å²) in [4.78, 5) is 11.5. The van der Waals surface area contributed by atoms with Crippen LogP contribution in [0.4, 0.5) is 0 Å². The number of carbonyl (C=O) groups is 1. The summed E-state index contributed by atoms with van der Waals surface area (Å²) in [6.45, 7) is 4.54. The van der Waals surface area contributed by atoms with Crippen LogP contribution >= 0.6 is 15.9 Å². The lowest BCUT2D eigenvalue weighted by atomic mass is 10.2. The van der Waals surface area contributed by atoms with Gasteiger partial charge in [-0.25, -0.2) is 0 Å². The molecule has 0 amide bonds. The van der Waals surface area contributed by atoms with Crippen LogP contribution in [0.25, 0.3) is 0 Å². The smallest absolute Gasteiger partial charge is 0.322 e. The van der Waals surface area contributed by atoms with Crippen LogP contribution in [0.1, 0.15) is 19.4 Å². The highest BCUT2D eigenvalue weighted by atomic mass is 79.9. The number of halogens is 1. The van der Waals surface area contributed by atoms with Gasteiger partial charge in [0.25, 0.3) is 0 Å². The van der Waals surface area contributed by atoms with Crippen LogP contribution in [-0.4, -0.2) is 25.7 Å². The molecule has 1 N–H and O–H groups in total. The van der Waals surface area contributed by atoms with Crippen molar-refractivity contribution in [2.75, 3.05) is 13.7 Å². The van der Waals surface area contributed by atoms with Gasteiger partial charge in [-0.3, -0.25) is 4.79 Å². The fourth-order valence-electron chi connectivity index (χ4n) is 1.43. The largest absolute Gasteiger partial charge is 0.497 e. The van der Waals surface area contributed by atoms with E-state index in [0.29, 0.717) is 13.2 Å². The lowest BCUT2D eigenvalue weighted by molar-refractivity contribution is -0.145. The minimum atomic E-state index is -0.331. The Morgan fingerprint density at radius 1 is 1.50 bits per heavy atom. The molecule has 0 aliphatic rings. The van der Waals surface area contributed by atoms with Crippen LogP contribution in [0.5, 0.6) is 5.75 Å². The molecule has 0 aliphatic carbocycles. The van der Waals surface area contributed by atoms with E-state index in [-0.39, 0.29) is 12.0 Å². The van der Waals surface area contributed by atoms with E-state index in [1.54, 1.807) is 21.0 Å². The molecule has 0 radical (unpaired) electrons. The maximum atomic E-state index is 11.5. The molecular formula is C13H18BrNO3. The molecule has 1 aromatic carbocycles. The summed E-state index contributed by atoms with van der Waals surface area (Å²) in [6.07, 6.45) is 0. The molecule has 1 atom stereocenters. The summed E-state index contributed by atoms with van der Waals surface area (Å²) in [5.41, 5.74) is 1.03. The zero-order chi connectivity index (χ0) is 13.5. The second-order valence-corrected chi connectivity index (χ2v) is 4.67. The van der Waals surface area contributed by atoms with Crippen LogP contribution in [0.2, 0.25) is 0 Å². The summed E-state index contributed by atoms with van der Waals surface area (Å²) in [5, 5.41) is 3.12. The Bertz CT molecular complexity index is 409. The van der Waals surface area contributed by atoms with Crippen molar-refractivity contribution in [1.82, 2.24) is 5.32 Å². The number of rotatable bonds is 6. The minimum absolute atomic E-state index is 0.239. The Morgan fingerprint density at radius 3 is 2.83 bits per heavy atom. The second kappa shape index (κ2) is 7.38. The van der Waals surface area contributed by atoms with Crippen LogP contribution in [0, 0.1) is 0 Å². The fraction of sp³-hybridized carbons (Fsp3) is 0.462. The van der Waals surface area contributed by atoms with E-state index in [1.807, 2.05) is 18.2 Å². The topological polar surface area (TPSA) is 47.6 Å². The van der Waals surface area contributed by atoms with Crippen LogP contribution in [-0.2, 0) is 16.1 Å². The average molecular weight is 316 g/mol. The summed E-state index contributed by atoms with van der Waals surface area (Å²) in [6, 6.07) is 5.39. The third-order valence-corrected chi connectivity index (χ3v) is 3.27. The van der Waals surface area contributed by atoms with Crippen molar-refractivity contribution in [2.45, 2.75) is 26.4 Å². The first kappa shape index (κ1) is 15.0. The number of methoxy groups -OCH3 is 1. The van der Waals surface area contributed by atoms with Crippen molar-refractivity contribution in [3.05, 3.63) is 28.2 Å². The molecule has 5 heteroatoms. The first-order chi connectivity index (χ1) is 8.58. The Kier molecular flexibility index (Phi) is 6.15. The SMILES string of the molecule is CCOC(=O)C(C)NCc1cc(OC)ccc1Br. The fourth-order valence-corrected chi connectivity index (χ4v) is 1.81. The van der Waals surface area contributed by atoms with E-state index in [9.17, 15) is 4.79 Å². The predicted molar refractivity (Wildman–Crippen MR) is 73.6 cm³/mol. The number of hydrogen-bond donors (Lipinski definition) is 1. The average Bonchev–Trinajstić information content (AvgIpc) is 2.37. The molecule has 0 aromatic heterocycles. The highest BCUT2D eigenvalue weighted by Crippen LogP contribution is 2.22. The number of ether oxygens (including phenoxy) is 2. The van der Waals surface area contributed by atoms with Gasteiger partial charge >= 0.3 is 5.97 Å². The quantitative estimate of drug-likeness (QED) is 0.819. The molecule has 0 heterocycles. The van der Waals surface area contributed by atoms with Gasteiger partial charge in [0.15, 0.2) is 0 Å². The molecule has 18 heavy (non-hydrogen) atoms. The van der Waals surface area contributed by atoms with E-state index in [1.165, 1.54) is 0 Å². The van der Waals surface area contributed by atoms with Crippen LogP contribution in [0.15, 0.2) is 22.7 Å². The molecule has 0 bridgehead atoms. The monoisotopic (exact) mass is 315 g/mol. The van der Waals surface area contributed by atoms with Crippen molar-refractivity contribution >= 4 is 21.9 Å². The lowest BCUT2D eigenvalue weighted by Gasteiger charge is -2.14. The maximum absolute atomic E-state index is 11.5. The summed E-state index contributed by atoms with van der Waals surface area (Å²) in [5.74, 6) is 0.551. The van der Waals surface area contributed by atoms with E-state index in [0.717, 1.165) is 15.8 Å². The van der Waals surface area contributed by atoms with Gasteiger partial charge in [-0.1, -0.05) is 15.9 Å². The van der Waals surface area contributed by atoms with Crippen molar-refractivity contribution in [1.29, 1.82) is 0 Å². The zero-order valence-corrected chi connectivity index (χ0v) is 12.4. The first-order valence-corrected chi connectivity index (χ1v) is 6.60. The number of esters is 1. The second-order valence-electron chi connectivity index (χ2n) is 3.81. The van der Waals surface area contributed by atoms with Gasteiger partial charge in [0.1, 0.15) is 11.8 Å². The lowest BCUT2D eigenvalue weighted by Crippen LogP contribution is -2.34. The summed E-state index contributed by atoms with van der Waals surface area (Å²) < 4.78 is 11.1. The van der Waals surface area contributed by atoms with Crippen molar-refractivity contribution in [3.63, 3.8) is 0 Å². The normalized spacial score (nSPS) is 12.0. The zero-order valence-electron chi connectivity index (χ0n) is 10.8. The molecule has 0 aliphatic heterocycles. The van der Waals surface area contributed by atoms with Crippen LogP contribution < -0.4 is 10.1 Å². The number of carbonyl (C=O) groups excluding carboxylic acids is 1. The standard InChI is InChI=1S/C13H18BrNO3/c1-4-18-13(16)9(2)15-8-10-7-11(17-3)5-6-12(10)14/h5-7,9,15H,4,8H2,1-3H3. The van der Waals surface area contributed by atoms with Crippen molar-refractivity contribution in [2.24, 2.45) is 0 Å². The predicted octanol–water partition coefficient (Wildman–Crippen LogP) is 2.50. The molecule has 1 rings (SSSR count). The Balaban J connectivity index is 2.60. The third-order valence-electron chi connectivity index (χ3n) is 2.49. The molecule has 100 valence electrons.